The Hall–Kier alpha value is -2.98. The number of carbonyl (C=O) groups is 1. The normalized spacial score (nSPS) is 13.8. The number of anilines is 2. The third-order valence-corrected chi connectivity index (χ3v) is 5.52. The summed E-state index contributed by atoms with van der Waals surface area (Å²) in [5, 5.41) is 17.0. The Morgan fingerprint density at radius 2 is 1.81 bits per heavy atom. The average Bonchev–Trinajstić information content (AvgIpc) is 3.46. The maximum absolute atomic E-state index is 12.4. The number of nitro groups is 1. The first-order chi connectivity index (χ1) is 12.8. The van der Waals surface area contributed by atoms with Crippen molar-refractivity contribution in [3.05, 3.63) is 58.1 Å². The number of amides is 1. The van der Waals surface area contributed by atoms with Crippen molar-refractivity contribution in [1.82, 2.24) is 4.72 Å². The predicted molar refractivity (Wildman–Crippen MR) is 100 cm³/mol. The van der Waals surface area contributed by atoms with Crippen molar-refractivity contribution in [1.29, 1.82) is 0 Å². The van der Waals surface area contributed by atoms with E-state index in [1.54, 1.807) is 0 Å². The van der Waals surface area contributed by atoms with Crippen molar-refractivity contribution in [3.63, 3.8) is 0 Å². The third-order valence-electron chi connectivity index (χ3n) is 4.08. The zero-order valence-electron chi connectivity index (χ0n) is 14.4. The molecule has 3 rings (SSSR count). The molecule has 0 spiro atoms. The molecule has 10 heteroatoms. The quantitative estimate of drug-likeness (QED) is 0.491. The summed E-state index contributed by atoms with van der Waals surface area (Å²) in [6.07, 6.45) is 1.94. The van der Waals surface area contributed by atoms with Crippen LogP contribution in [0.15, 0.2) is 47.4 Å². The molecule has 0 radical (unpaired) electrons. The van der Waals surface area contributed by atoms with Gasteiger partial charge in [0.2, 0.25) is 10.0 Å². The molecule has 1 saturated carbocycles. The summed E-state index contributed by atoms with van der Waals surface area (Å²) in [6, 6.07) is 10.1. The van der Waals surface area contributed by atoms with Crippen LogP contribution in [0.4, 0.5) is 17.1 Å². The molecular weight excluding hydrogens is 372 g/mol. The first kappa shape index (κ1) is 18.8. The van der Waals surface area contributed by atoms with Crippen LogP contribution < -0.4 is 15.4 Å². The molecule has 1 fully saturated rings. The van der Waals surface area contributed by atoms with Crippen molar-refractivity contribution in [2.24, 2.45) is 0 Å². The molecule has 0 aromatic heterocycles. The predicted octanol–water partition coefficient (Wildman–Crippen LogP) is 2.33. The van der Waals surface area contributed by atoms with E-state index in [0.29, 0.717) is 11.4 Å². The molecular formula is C17H18N4O5S. The molecule has 0 atom stereocenters. The van der Waals surface area contributed by atoms with Gasteiger partial charge in [-0.05, 0) is 56.3 Å². The number of benzene rings is 2. The minimum Gasteiger partial charge on any atom is -0.377 e. The van der Waals surface area contributed by atoms with Crippen LogP contribution in [0, 0.1) is 10.1 Å². The molecule has 2 aromatic carbocycles. The van der Waals surface area contributed by atoms with Gasteiger partial charge in [0.15, 0.2) is 0 Å². The summed E-state index contributed by atoms with van der Waals surface area (Å²) < 4.78 is 25.6. The summed E-state index contributed by atoms with van der Waals surface area (Å²) >= 11 is 0. The van der Waals surface area contributed by atoms with Gasteiger partial charge in [0.1, 0.15) is 5.69 Å². The Bertz CT molecular complexity index is 985. The maximum Gasteiger partial charge on any atom is 0.293 e. The largest absolute Gasteiger partial charge is 0.377 e. The smallest absolute Gasteiger partial charge is 0.293 e. The van der Waals surface area contributed by atoms with Gasteiger partial charge in [-0.2, -0.15) is 0 Å². The van der Waals surface area contributed by atoms with E-state index >= 15 is 0 Å². The van der Waals surface area contributed by atoms with Gasteiger partial charge in [-0.1, -0.05) is 0 Å². The Morgan fingerprint density at radius 3 is 2.37 bits per heavy atom. The van der Waals surface area contributed by atoms with E-state index in [1.165, 1.54) is 49.5 Å². The summed E-state index contributed by atoms with van der Waals surface area (Å²) in [7, 11) is -2.26. The monoisotopic (exact) mass is 390 g/mol. The second-order valence-corrected chi connectivity index (χ2v) is 7.98. The average molecular weight is 390 g/mol. The van der Waals surface area contributed by atoms with E-state index in [0.717, 1.165) is 12.8 Å². The third kappa shape index (κ3) is 4.41. The van der Waals surface area contributed by atoms with E-state index in [9.17, 15) is 23.3 Å². The summed E-state index contributed by atoms with van der Waals surface area (Å²) in [5.41, 5.74) is 0.735. The van der Waals surface area contributed by atoms with Crippen LogP contribution in [0.3, 0.4) is 0 Å². The molecule has 2 aromatic rings. The molecule has 142 valence electrons. The van der Waals surface area contributed by atoms with Gasteiger partial charge in [-0.3, -0.25) is 14.9 Å². The van der Waals surface area contributed by atoms with Gasteiger partial charge < -0.3 is 10.6 Å². The maximum atomic E-state index is 12.4. The van der Waals surface area contributed by atoms with Gasteiger partial charge in [0.25, 0.3) is 11.6 Å². The fourth-order valence-corrected chi connectivity index (χ4v) is 3.16. The van der Waals surface area contributed by atoms with Gasteiger partial charge in [-0.25, -0.2) is 13.1 Å². The number of rotatable bonds is 7. The molecule has 0 saturated heterocycles. The van der Waals surface area contributed by atoms with Gasteiger partial charge in [0, 0.05) is 23.4 Å². The first-order valence-corrected chi connectivity index (χ1v) is 9.68. The van der Waals surface area contributed by atoms with Crippen LogP contribution in [0.2, 0.25) is 0 Å². The van der Waals surface area contributed by atoms with Crippen LogP contribution in [-0.4, -0.2) is 32.3 Å². The van der Waals surface area contributed by atoms with Gasteiger partial charge >= 0.3 is 0 Å². The van der Waals surface area contributed by atoms with Crippen molar-refractivity contribution in [2.45, 2.75) is 23.8 Å². The minimum absolute atomic E-state index is 0.0640. The van der Waals surface area contributed by atoms with Crippen LogP contribution in [0.1, 0.15) is 23.2 Å². The SMILES string of the molecule is CNS(=O)(=O)c1ccc(NC(=O)c2ccc(NC3CC3)c([N+](=O)[O-])c2)cc1. The Labute approximate surface area is 156 Å². The lowest BCUT2D eigenvalue weighted by molar-refractivity contribution is -0.384. The molecule has 0 aliphatic heterocycles. The van der Waals surface area contributed by atoms with E-state index < -0.39 is 20.9 Å². The van der Waals surface area contributed by atoms with Crippen molar-refractivity contribution in [2.75, 3.05) is 17.7 Å². The second-order valence-electron chi connectivity index (χ2n) is 6.09. The highest BCUT2D eigenvalue weighted by Gasteiger charge is 2.25. The van der Waals surface area contributed by atoms with Crippen LogP contribution in [0.5, 0.6) is 0 Å². The van der Waals surface area contributed by atoms with Crippen molar-refractivity contribution < 1.29 is 18.1 Å². The van der Waals surface area contributed by atoms with Gasteiger partial charge in [-0.15, -0.1) is 0 Å². The second kappa shape index (κ2) is 7.33. The molecule has 0 heterocycles. The highest BCUT2D eigenvalue weighted by Crippen LogP contribution is 2.31. The fourth-order valence-electron chi connectivity index (χ4n) is 2.43. The number of nitro benzene ring substituents is 1. The van der Waals surface area contributed by atoms with E-state index in [1.807, 2.05) is 0 Å². The number of hydrogen-bond donors (Lipinski definition) is 3. The topological polar surface area (TPSA) is 130 Å². The Morgan fingerprint density at radius 1 is 1.15 bits per heavy atom. The van der Waals surface area contributed by atoms with Crippen molar-refractivity contribution >= 4 is 33.0 Å². The zero-order valence-corrected chi connectivity index (χ0v) is 15.2. The van der Waals surface area contributed by atoms with Gasteiger partial charge in [0.05, 0.1) is 9.82 Å². The molecule has 9 nitrogen and oxygen atoms in total. The lowest BCUT2D eigenvalue weighted by Crippen LogP contribution is -2.18. The lowest BCUT2D eigenvalue weighted by Gasteiger charge is -2.09. The number of nitrogens with one attached hydrogen (secondary N) is 3. The summed E-state index contributed by atoms with van der Waals surface area (Å²) in [5.74, 6) is -0.528. The number of hydrogen-bond acceptors (Lipinski definition) is 6. The standard InChI is InChI=1S/C17H18N4O5S/c1-18-27(25,26)14-7-5-13(6-8-14)20-17(22)11-2-9-15(19-12-3-4-12)16(10-11)21(23)24/h2,5-10,12,18-19H,3-4H2,1H3,(H,20,22). The minimum atomic E-state index is -3.57. The highest BCUT2D eigenvalue weighted by molar-refractivity contribution is 7.89. The first-order valence-electron chi connectivity index (χ1n) is 8.20. The Kier molecular flexibility index (Phi) is 5.10. The van der Waals surface area contributed by atoms with Crippen LogP contribution in [0.25, 0.3) is 0 Å². The fraction of sp³-hybridized carbons (Fsp3) is 0.235. The zero-order chi connectivity index (χ0) is 19.6. The van der Waals surface area contributed by atoms with E-state index in [2.05, 4.69) is 15.4 Å². The molecule has 27 heavy (non-hydrogen) atoms. The Balaban J connectivity index is 1.77. The summed E-state index contributed by atoms with van der Waals surface area (Å²) in [4.78, 5) is 23.2. The van der Waals surface area contributed by atoms with E-state index in [-0.39, 0.29) is 22.2 Å². The van der Waals surface area contributed by atoms with E-state index in [4.69, 9.17) is 0 Å². The van der Waals surface area contributed by atoms with Crippen LogP contribution >= 0.6 is 0 Å². The number of sulfonamides is 1. The number of nitrogens with zero attached hydrogens (tertiary/aromatic N) is 1. The number of carbonyl (C=O) groups excluding carboxylic acids is 1. The molecule has 1 amide bonds. The molecule has 1 aliphatic carbocycles. The highest BCUT2D eigenvalue weighted by atomic mass is 32.2. The molecule has 0 unspecified atom stereocenters. The molecule has 0 bridgehead atoms. The molecule has 3 N–H and O–H groups in total. The molecule has 1 aliphatic rings. The van der Waals surface area contributed by atoms with Crippen molar-refractivity contribution in [3.8, 4) is 0 Å². The lowest BCUT2D eigenvalue weighted by atomic mass is 10.1. The van der Waals surface area contributed by atoms with Crippen LogP contribution in [-0.2, 0) is 10.0 Å². The summed E-state index contributed by atoms with van der Waals surface area (Å²) in [6.45, 7) is 0.